The summed E-state index contributed by atoms with van der Waals surface area (Å²) in [5.74, 6) is 0. The average molecular weight is 307 g/mol. The van der Waals surface area contributed by atoms with Crippen LogP contribution in [0.1, 0.15) is 0 Å². The van der Waals surface area contributed by atoms with E-state index in [1.54, 1.807) is 11.8 Å². The highest BCUT2D eigenvalue weighted by Crippen LogP contribution is 2.25. The molecule has 2 rings (SSSR count). The van der Waals surface area contributed by atoms with Crippen molar-refractivity contribution in [3.8, 4) is 0 Å². The Labute approximate surface area is 126 Å². The van der Waals surface area contributed by atoms with Gasteiger partial charge in [0.25, 0.3) is 0 Å². The zero-order valence-electron chi connectivity index (χ0n) is 12.4. The Hall–Kier alpha value is -1.04. The van der Waals surface area contributed by atoms with Gasteiger partial charge in [0.15, 0.2) is 5.16 Å². The number of benzene rings is 1. The van der Waals surface area contributed by atoms with E-state index in [1.165, 1.54) is 10.9 Å². The Morgan fingerprint density at radius 3 is 2.65 bits per heavy atom. The lowest BCUT2D eigenvalue weighted by Crippen LogP contribution is -2.22. The van der Waals surface area contributed by atoms with Crippen molar-refractivity contribution in [2.24, 2.45) is 0 Å². The highest BCUT2D eigenvalue weighted by molar-refractivity contribution is 7.99. The normalized spacial score (nSPS) is 11.8. The molecule has 0 aliphatic carbocycles. The summed E-state index contributed by atoms with van der Waals surface area (Å²) in [6, 6.07) is 11.5. The molecule has 0 radical (unpaired) electrons. The minimum absolute atomic E-state index is 0.583. The molecule has 108 valence electrons. The summed E-state index contributed by atoms with van der Waals surface area (Å²) in [4.78, 5) is 5.59. The van der Waals surface area contributed by atoms with Gasteiger partial charge in [-0.05, 0) is 18.2 Å². The summed E-state index contributed by atoms with van der Waals surface area (Å²) in [5.41, 5.74) is 0. The third-order valence-corrected chi connectivity index (χ3v) is 5.59. The second-order valence-electron chi connectivity index (χ2n) is 5.94. The first-order chi connectivity index (χ1) is 9.54. The Morgan fingerprint density at radius 2 is 1.95 bits per heavy atom. The fourth-order valence-electron chi connectivity index (χ4n) is 1.63. The first-order valence-electron chi connectivity index (χ1n) is 6.86. The molecule has 0 saturated carbocycles. The minimum Gasteiger partial charge on any atom is -0.361 e. The summed E-state index contributed by atoms with van der Waals surface area (Å²) < 4.78 is 7.83. The Kier molecular flexibility index (Phi) is 5.45. The molecule has 0 amide bonds. The molecule has 1 aromatic carbocycles. The van der Waals surface area contributed by atoms with E-state index in [-0.39, 0.29) is 0 Å². The van der Waals surface area contributed by atoms with E-state index in [0.717, 1.165) is 11.8 Å². The molecular weight excluding hydrogens is 284 g/mol. The fraction of sp³-hybridized carbons (Fsp3) is 0.400. The maximum atomic E-state index is 5.78. The van der Waals surface area contributed by atoms with Crippen molar-refractivity contribution in [1.82, 2.24) is 9.55 Å². The molecule has 0 N–H and O–H groups in total. The molecule has 1 aromatic heterocycles. The van der Waals surface area contributed by atoms with Crippen LogP contribution in [0.15, 0.2) is 52.8 Å². The lowest BCUT2D eigenvalue weighted by Gasteiger charge is -2.16. The Morgan fingerprint density at radius 1 is 1.20 bits per heavy atom. The van der Waals surface area contributed by atoms with E-state index >= 15 is 0 Å². The predicted octanol–water partition coefficient (Wildman–Crippen LogP) is 4.35. The first-order valence-corrected chi connectivity index (χ1v) is 11.4. The molecule has 0 aliphatic rings. The van der Waals surface area contributed by atoms with Gasteiger partial charge in [-0.15, -0.1) is 0 Å². The number of nitrogens with zero attached hydrogens (tertiary/aromatic N) is 2. The maximum Gasteiger partial charge on any atom is 0.174 e. The van der Waals surface area contributed by atoms with E-state index in [0.29, 0.717) is 6.73 Å². The first kappa shape index (κ1) is 15.3. The van der Waals surface area contributed by atoms with Crippen molar-refractivity contribution in [3.63, 3.8) is 0 Å². The number of hydrogen-bond donors (Lipinski definition) is 0. The smallest absolute Gasteiger partial charge is 0.174 e. The summed E-state index contributed by atoms with van der Waals surface area (Å²) in [6.07, 6.45) is 3.80. The van der Waals surface area contributed by atoms with Crippen LogP contribution >= 0.6 is 11.8 Å². The molecule has 0 saturated heterocycles. The number of aromatic nitrogens is 2. The third kappa shape index (κ3) is 5.15. The second-order valence-corrected chi connectivity index (χ2v) is 12.6. The largest absolute Gasteiger partial charge is 0.361 e. The molecule has 1 heterocycles. The molecule has 5 heteroatoms. The van der Waals surface area contributed by atoms with Crippen LogP contribution in [0.5, 0.6) is 0 Å². The molecule has 0 spiro atoms. The van der Waals surface area contributed by atoms with Gasteiger partial charge >= 0.3 is 0 Å². The van der Waals surface area contributed by atoms with Crippen LogP contribution in [0.3, 0.4) is 0 Å². The van der Waals surface area contributed by atoms with Crippen molar-refractivity contribution in [1.29, 1.82) is 0 Å². The van der Waals surface area contributed by atoms with Gasteiger partial charge in [-0.25, -0.2) is 4.98 Å². The van der Waals surface area contributed by atoms with E-state index in [9.17, 15) is 0 Å². The monoisotopic (exact) mass is 306 g/mol. The maximum absolute atomic E-state index is 5.78. The van der Waals surface area contributed by atoms with Gasteiger partial charge < -0.3 is 9.30 Å². The molecule has 0 unspecified atom stereocenters. The standard InChI is InChI=1S/C15H22N2OSSi/c1-20(2,3)12-11-18-13-17-10-9-16-15(17)19-14-7-5-4-6-8-14/h4-10H,11-13H2,1-3H3. The summed E-state index contributed by atoms with van der Waals surface area (Å²) in [6.45, 7) is 8.52. The zero-order chi connectivity index (χ0) is 14.4. The van der Waals surface area contributed by atoms with Gasteiger partial charge in [0.05, 0.1) is 0 Å². The topological polar surface area (TPSA) is 27.1 Å². The van der Waals surface area contributed by atoms with Crippen molar-refractivity contribution >= 4 is 19.8 Å². The van der Waals surface area contributed by atoms with Gasteiger partial charge in [0.2, 0.25) is 0 Å². The molecule has 0 atom stereocenters. The summed E-state index contributed by atoms with van der Waals surface area (Å²) in [7, 11) is -1.01. The van der Waals surface area contributed by atoms with Gasteiger partial charge in [-0.1, -0.05) is 49.6 Å². The Balaban J connectivity index is 1.86. The molecule has 2 aromatic rings. The van der Waals surface area contributed by atoms with Gasteiger partial charge in [0.1, 0.15) is 6.73 Å². The quantitative estimate of drug-likeness (QED) is 0.562. The van der Waals surface area contributed by atoms with Gasteiger partial charge in [-0.3, -0.25) is 0 Å². The molecule has 0 aliphatic heterocycles. The minimum atomic E-state index is -1.01. The van der Waals surface area contributed by atoms with Crippen LogP contribution in [-0.4, -0.2) is 24.2 Å². The van der Waals surface area contributed by atoms with E-state index in [1.807, 2.05) is 30.6 Å². The molecule has 3 nitrogen and oxygen atoms in total. The van der Waals surface area contributed by atoms with Crippen molar-refractivity contribution < 1.29 is 4.74 Å². The lowest BCUT2D eigenvalue weighted by atomic mass is 10.4. The highest BCUT2D eigenvalue weighted by atomic mass is 32.2. The van der Waals surface area contributed by atoms with E-state index in [2.05, 4.69) is 41.3 Å². The van der Waals surface area contributed by atoms with Crippen LogP contribution < -0.4 is 0 Å². The second kappa shape index (κ2) is 7.11. The van der Waals surface area contributed by atoms with Crippen molar-refractivity contribution in [2.45, 2.75) is 42.5 Å². The summed E-state index contributed by atoms with van der Waals surface area (Å²) in [5, 5.41) is 0.976. The number of hydrogen-bond acceptors (Lipinski definition) is 3. The fourth-order valence-corrected chi connectivity index (χ4v) is 3.24. The van der Waals surface area contributed by atoms with Gasteiger partial charge in [-0.2, -0.15) is 0 Å². The van der Waals surface area contributed by atoms with Crippen molar-refractivity contribution in [3.05, 3.63) is 42.7 Å². The zero-order valence-corrected chi connectivity index (χ0v) is 14.2. The van der Waals surface area contributed by atoms with Crippen LogP contribution in [0.25, 0.3) is 0 Å². The van der Waals surface area contributed by atoms with Gasteiger partial charge in [0, 0.05) is 32.0 Å². The SMILES string of the molecule is C[Si](C)(C)CCOCn1ccnc1Sc1ccccc1. The molecule has 0 fully saturated rings. The summed E-state index contributed by atoms with van der Waals surface area (Å²) >= 11 is 1.66. The van der Waals surface area contributed by atoms with Crippen LogP contribution in [0.4, 0.5) is 0 Å². The van der Waals surface area contributed by atoms with E-state index < -0.39 is 8.07 Å². The number of rotatable bonds is 7. The molecular formula is C15H22N2OSSi. The van der Waals surface area contributed by atoms with Crippen LogP contribution in [0, 0.1) is 0 Å². The highest BCUT2D eigenvalue weighted by Gasteiger charge is 2.12. The van der Waals surface area contributed by atoms with Crippen LogP contribution in [0.2, 0.25) is 25.7 Å². The predicted molar refractivity (Wildman–Crippen MR) is 86.9 cm³/mol. The Bertz CT molecular complexity index is 522. The van der Waals surface area contributed by atoms with Crippen molar-refractivity contribution in [2.75, 3.05) is 6.61 Å². The molecule has 20 heavy (non-hydrogen) atoms. The third-order valence-electron chi connectivity index (χ3n) is 2.86. The average Bonchev–Trinajstić information content (AvgIpc) is 2.82. The lowest BCUT2D eigenvalue weighted by molar-refractivity contribution is 0.0814. The number of ether oxygens (including phenoxy) is 1. The van der Waals surface area contributed by atoms with E-state index in [4.69, 9.17) is 4.74 Å². The molecule has 0 bridgehead atoms. The number of imidazole rings is 1. The van der Waals surface area contributed by atoms with Crippen LogP contribution in [-0.2, 0) is 11.5 Å².